The van der Waals surface area contributed by atoms with Gasteiger partial charge in [-0.2, -0.15) is 4.98 Å². The number of hydrogen-bond acceptors (Lipinski definition) is 6. The van der Waals surface area contributed by atoms with Gasteiger partial charge in [-0.3, -0.25) is 4.90 Å². The maximum absolute atomic E-state index is 5.28. The smallest absolute Gasteiger partial charge is 0.226 e. The molecule has 0 aliphatic carbocycles. The third kappa shape index (κ3) is 4.15. The van der Waals surface area contributed by atoms with Crippen LogP contribution in [0.2, 0.25) is 0 Å². The van der Waals surface area contributed by atoms with Gasteiger partial charge in [0.15, 0.2) is 0 Å². The first-order valence-corrected chi connectivity index (χ1v) is 8.65. The highest BCUT2D eigenvalue weighted by atomic mass is 79.9. The van der Waals surface area contributed by atoms with Gasteiger partial charge in [0.2, 0.25) is 11.8 Å². The first kappa shape index (κ1) is 17.0. The van der Waals surface area contributed by atoms with E-state index in [1.165, 1.54) is 5.56 Å². The minimum absolute atomic E-state index is 0.346. The molecule has 1 fully saturated rings. The van der Waals surface area contributed by atoms with Gasteiger partial charge in [0.25, 0.3) is 0 Å². The number of aromatic nitrogens is 2. The van der Waals surface area contributed by atoms with E-state index in [4.69, 9.17) is 9.47 Å². The molecule has 1 atom stereocenters. The van der Waals surface area contributed by atoms with E-state index < -0.39 is 0 Å². The molecule has 1 aromatic heterocycles. The number of likely N-dealkylation sites (tertiary alicyclic amines) is 1. The second-order valence-corrected chi connectivity index (χ2v) is 6.61. The van der Waals surface area contributed by atoms with Gasteiger partial charge < -0.3 is 14.8 Å². The van der Waals surface area contributed by atoms with Crippen molar-refractivity contribution in [3.8, 4) is 11.6 Å². The molecule has 1 unspecified atom stereocenters. The molecule has 7 heteroatoms. The quantitative estimate of drug-likeness (QED) is 0.815. The Kier molecular flexibility index (Phi) is 5.52. The molecule has 128 valence electrons. The fourth-order valence-corrected chi connectivity index (χ4v) is 3.46. The molecule has 24 heavy (non-hydrogen) atoms. The molecule has 3 rings (SSSR count). The van der Waals surface area contributed by atoms with Crippen LogP contribution < -0.4 is 14.8 Å². The van der Waals surface area contributed by atoms with Crippen LogP contribution in [0.1, 0.15) is 12.0 Å². The Bertz CT molecular complexity index is 698. The SMILES string of the molecule is COc1ccnc(NC2CCN(Cc3ccc(OC)c(Br)c3)C2)n1. The van der Waals surface area contributed by atoms with Crippen molar-refractivity contribution in [2.75, 3.05) is 32.6 Å². The summed E-state index contributed by atoms with van der Waals surface area (Å²) in [6.07, 6.45) is 2.77. The highest BCUT2D eigenvalue weighted by molar-refractivity contribution is 9.10. The lowest BCUT2D eigenvalue weighted by atomic mass is 10.2. The van der Waals surface area contributed by atoms with E-state index in [9.17, 15) is 0 Å². The zero-order chi connectivity index (χ0) is 16.9. The number of rotatable bonds is 6. The number of anilines is 1. The molecule has 2 heterocycles. The topological polar surface area (TPSA) is 59.5 Å². The summed E-state index contributed by atoms with van der Waals surface area (Å²) < 4.78 is 11.4. The van der Waals surface area contributed by atoms with Crippen LogP contribution in [0, 0.1) is 0 Å². The van der Waals surface area contributed by atoms with Crippen molar-refractivity contribution in [1.82, 2.24) is 14.9 Å². The van der Waals surface area contributed by atoms with Crippen LogP contribution in [0.15, 0.2) is 34.9 Å². The molecule has 1 aliphatic rings. The first-order chi connectivity index (χ1) is 11.7. The number of nitrogens with zero attached hydrogens (tertiary/aromatic N) is 3. The van der Waals surface area contributed by atoms with Gasteiger partial charge in [-0.1, -0.05) is 6.07 Å². The summed E-state index contributed by atoms with van der Waals surface area (Å²) in [5, 5.41) is 3.39. The van der Waals surface area contributed by atoms with Gasteiger partial charge >= 0.3 is 0 Å². The van der Waals surface area contributed by atoms with Crippen molar-refractivity contribution in [1.29, 1.82) is 0 Å². The minimum atomic E-state index is 0.346. The van der Waals surface area contributed by atoms with Gasteiger partial charge in [0.1, 0.15) is 5.75 Å². The fraction of sp³-hybridized carbons (Fsp3) is 0.412. The lowest BCUT2D eigenvalue weighted by molar-refractivity contribution is 0.328. The van der Waals surface area contributed by atoms with Gasteiger partial charge in [-0.05, 0) is 40.0 Å². The maximum atomic E-state index is 5.28. The number of nitrogens with one attached hydrogen (secondary N) is 1. The van der Waals surface area contributed by atoms with E-state index in [1.807, 2.05) is 6.07 Å². The molecule has 0 bridgehead atoms. The zero-order valence-corrected chi connectivity index (χ0v) is 15.4. The monoisotopic (exact) mass is 392 g/mol. The Labute approximate surface area is 150 Å². The normalized spacial score (nSPS) is 17.7. The van der Waals surface area contributed by atoms with E-state index >= 15 is 0 Å². The van der Waals surface area contributed by atoms with E-state index in [1.54, 1.807) is 26.5 Å². The van der Waals surface area contributed by atoms with Crippen LogP contribution in [-0.4, -0.2) is 48.2 Å². The summed E-state index contributed by atoms with van der Waals surface area (Å²) in [5.74, 6) is 2.05. The third-order valence-corrected chi connectivity index (χ3v) is 4.69. The molecular weight excluding hydrogens is 372 g/mol. The minimum Gasteiger partial charge on any atom is -0.496 e. The van der Waals surface area contributed by atoms with Crippen molar-refractivity contribution in [3.63, 3.8) is 0 Å². The highest BCUT2D eigenvalue weighted by Crippen LogP contribution is 2.26. The molecule has 0 spiro atoms. The molecule has 2 aromatic rings. The van der Waals surface area contributed by atoms with E-state index in [-0.39, 0.29) is 0 Å². The largest absolute Gasteiger partial charge is 0.496 e. The van der Waals surface area contributed by atoms with Gasteiger partial charge in [-0.25, -0.2) is 4.98 Å². The van der Waals surface area contributed by atoms with Gasteiger partial charge in [0.05, 0.1) is 18.7 Å². The molecule has 6 nitrogen and oxygen atoms in total. The van der Waals surface area contributed by atoms with Crippen molar-refractivity contribution in [2.45, 2.75) is 19.0 Å². The summed E-state index contributed by atoms with van der Waals surface area (Å²) in [4.78, 5) is 11.0. The van der Waals surface area contributed by atoms with Gasteiger partial charge in [-0.15, -0.1) is 0 Å². The second-order valence-electron chi connectivity index (χ2n) is 5.76. The number of halogens is 1. The fourth-order valence-electron chi connectivity index (χ4n) is 2.87. The van der Waals surface area contributed by atoms with Crippen molar-refractivity contribution >= 4 is 21.9 Å². The summed E-state index contributed by atoms with van der Waals surface area (Å²) in [6, 6.07) is 8.31. The lowest BCUT2D eigenvalue weighted by Crippen LogP contribution is -2.26. The van der Waals surface area contributed by atoms with E-state index in [0.717, 1.165) is 36.3 Å². The summed E-state index contributed by atoms with van der Waals surface area (Å²) in [6.45, 7) is 2.93. The Balaban J connectivity index is 1.56. The average Bonchev–Trinajstić information content (AvgIpc) is 3.02. The number of hydrogen-bond donors (Lipinski definition) is 1. The van der Waals surface area contributed by atoms with Crippen LogP contribution in [0.3, 0.4) is 0 Å². The Morgan fingerprint density at radius 1 is 1.29 bits per heavy atom. The Morgan fingerprint density at radius 3 is 2.92 bits per heavy atom. The summed E-state index contributed by atoms with van der Waals surface area (Å²) in [7, 11) is 3.29. The molecule has 0 amide bonds. The lowest BCUT2D eigenvalue weighted by Gasteiger charge is -2.17. The van der Waals surface area contributed by atoms with E-state index in [0.29, 0.717) is 17.9 Å². The van der Waals surface area contributed by atoms with Crippen molar-refractivity contribution in [2.24, 2.45) is 0 Å². The zero-order valence-electron chi connectivity index (χ0n) is 13.8. The van der Waals surface area contributed by atoms with Crippen molar-refractivity contribution in [3.05, 3.63) is 40.5 Å². The van der Waals surface area contributed by atoms with Crippen LogP contribution in [0.5, 0.6) is 11.6 Å². The Hall–Kier alpha value is -1.86. The average molecular weight is 393 g/mol. The standard InChI is InChI=1S/C17H21BrN4O2/c1-23-15-4-3-12(9-14(15)18)10-22-8-6-13(11-22)20-17-19-7-5-16(21-17)24-2/h3-5,7,9,13H,6,8,10-11H2,1-2H3,(H,19,20,21). The van der Waals surface area contributed by atoms with Crippen LogP contribution in [0.25, 0.3) is 0 Å². The number of benzene rings is 1. The first-order valence-electron chi connectivity index (χ1n) is 7.86. The third-order valence-electron chi connectivity index (χ3n) is 4.07. The molecule has 1 aliphatic heterocycles. The maximum Gasteiger partial charge on any atom is 0.226 e. The van der Waals surface area contributed by atoms with Gasteiger partial charge in [0, 0.05) is 37.9 Å². The second kappa shape index (κ2) is 7.81. The van der Waals surface area contributed by atoms with Crippen molar-refractivity contribution < 1.29 is 9.47 Å². The molecule has 0 saturated carbocycles. The number of methoxy groups -OCH3 is 2. The van der Waals surface area contributed by atoms with Crippen LogP contribution in [-0.2, 0) is 6.54 Å². The Morgan fingerprint density at radius 2 is 2.17 bits per heavy atom. The molecule has 1 aromatic carbocycles. The molecular formula is C17H21BrN4O2. The summed E-state index contributed by atoms with van der Waals surface area (Å²) >= 11 is 3.54. The predicted octanol–water partition coefficient (Wildman–Crippen LogP) is 2.94. The molecule has 1 N–H and O–H groups in total. The number of ether oxygens (including phenoxy) is 2. The van der Waals surface area contributed by atoms with Crippen LogP contribution in [0.4, 0.5) is 5.95 Å². The molecule has 1 saturated heterocycles. The molecule has 0 radical (unpaired) electrons. The van der Waals surface area contributed by atoms with Crippen LogP contribution >= 0.6 is 15.9 Å². The summed E-state index contributed by atoms with van der Waals surface area (Å²) in [5.41, 5.74) is 1.26. The highest BCUT2D eigenvalue weighted by Gasteiger charge is 2.23. The predicted molar refractivity (Wildman–Crippen MR) is 96.6 cm³/mol. The van der Waals surface area contributed by atoms with E-state index in [2.05, 4.69) is 48.2 Å².